The van der Waals surface area contributed by atoms with Crippen molar-refractivity contribution < 1.29 is 15.1 Å². The summed E-state index contributed by atoms with van der Waals surface area (Å²) in [6, 6.07) is 118. The first-order valence-electron chi connectivity index (χ1n) is 25.4. The fourth-order valence-electron chi connectivity index (χ4n) is 8.89. The van der Waals surface area contributed by atoms with Gasteiger partial charge in [0.2, 0.25) is 0 Å². The van der Waals surface area contributed by atoms with Gasteiger partial charge in [0.25, 0.3) is 0 Å². The molecule has 0 spiro atoms. The van der Waals surface area contributed by atoms with Crippen LogP contribution in [0.15, 0.2) is 340 Å². The second-order valence-electron chi connectivity index (χ2n) is 17.5. The lowest BCUT2D eigenvalue weighted by molar-refractivity contribution is 0.278. The van der Waals surface area contributed by atoms with Gasteiger partial charge in [0.1, 0.15) is 0 Å². The molecule has 0 radical (unpaired) electrons. The fourth-order valence-corrected chi connectivity index (χ4v) is 8.89. The van der Waals surface area contributed by atoms with E-state index in [1.54, 1.807) is 0 Å². The normalized spacial score (nSPS) is 10.0. The van der Waals surface area contributed by atoms with Gasteiger partial charge in [-0.15, -0.1) is 0 Å². The predicted molar refractivity (Wildman–Crippen MR) is 322 cm³/mol. The van der Waals surface area contributed by atoms with Crippen LogP contribution in [-0.2, 0) is 0 Å². The highest BCUT2D eigenvalue weighted by molar-refractivity contribution is 6.30. The molecule has 0 saturated carbocycles. The zero-order chi connectivity index (χ0) is 52.4. The van der Waals surface area contributed by atoms with Gasteiger partial charge in [0.05, 0.1) is 0 Å². The van der Waals surface area contributed by atoms with Gasteiger partial charge >= 0.3 is 7.32 Å². The van der Waals surface area contributed by atoms with Crippen molar-refractivity contribution in [1.29, 1.82) is 0 Å². The molecule has 4 heteroatoms. The third-order valence-corrected chi connectivity index (χ3v) is 12.4. The Morgan fingerprint density at radius 3 is 0.303 bits per heavy atom. The Bertz CT molecular complexity index is 2820. The third-order valence-electron chi connectivity index (χ3n) is 12.4. The van der Waals surface area contributed by atoms with Gasteiger partial charge in [0.15, 0.2) is 0 Å². The van der Waals surface area contributed by atoms with E-state index in [0.29, 0.717) is 0 Å². The zero-order valence-electron chi connectivity index (χ0n) is 42.3. The molecule has 0 aromatic heterocycles. The molecule has 0 atom stereocenters. The Kier molecular flexibility index (Phi) is 20.0. The SMILES string of the molecule is OB(O)O.c1ccc(-c2ccccc2-c2ccccc2)cc1.c1ccc(-c2ccccc2-c2ccccc2)cc1.c1ccc(-c2ccccc2-c2ccccc2)cc1.c1ccc(-c2ccccc2-c2ccccc2)cc1. The van der Waals surface area contributed by atoms with E-state index in [0.717, 1.165) is 0 Å². The zero-order valence-corrected chi connectivity index (χ0v) is 42.3. The molecule has 0 saturated heterocycles. The van der Waals surface area contributed by atoms with Crippen LogP contribution in [-0.4, -0.2) is 22.4 Å². The summed E-state index contributed by atoms with van der Waals surface area (Å²) >= 11 is 0. The molecular weight excluding hydrogens is 924 g/mol. The minimum atomic E-state index is -2.17. The average molecular weight is 983 g/mol. The maximum absolute atomic E-state index is 7.17. The summed E-state index contributed by atoms with van der Waals surface area (Å²) in [4.78, 5) is 0. The van der Waals surface area contributed by atoms with Crippen molar-refractivity contribution in [3.63, 3.8) is 0 Å². The van der Waals surface area contributed by atoms with Crippen LogP contribution in [0.25, 0.3) is 89.0 Å². The Morgan fingerprint density at radius 1 is 0.132 bits per heavy atom. The van der Waals surface area contributed by atoms with Crippen molar-refractivity contribution in [2.24, 2.45) is 0 Å². The molecule has 0 bridgehead atoms. The highest BCUT2D eigenvalue weighted by atomic mass is 16.5. The Balaban J connectivity index is 0.000000131. The molecule has 0 aliphatic carbocycles. The summed E-state index contributed by atoms with van der Waals surface area (Å²) in [6.07, 6.45) is 0. The first-order valence-corrected chi connectivity index (χ1v) is 25.4. The summed E-state index contributed by atoms with van der Waals surface area (Å²) in [7, 11) is -2.17. The number of hydrogen-bond donors (Lipinski definition) is 3. The molecule has 368 valence electrons. The van der Waals surface area contributed by atoms with Crippen molar-refractivity contribution in [1.82, 2.24) is 0 Å². The van der Waals surface area contributed by atoms with Crippen molar-refractivity contribution in [2.75, 3.05) is 0 Å². The van der Waals surface area contributed by atoms with Crippen LogP contribution in [0.3, 0.4) is 0 Å². The Hall–Kier alpha value is -9.42. The number of benzene rings is 12. The Labute approximate surface area is 448 Å². The quantitative estimate of drug-likeness (QED) is 0.133. The first-order chi connectivity index (χ1) is 37.5. The molecule has 0 amide bonds. The lowest BCUT2D eigenvalue weighted by Gasteiger charge is -2.09. The van der Waals surface area contributed by atoms with Crippen LogP contribution >= 0.6 is 0 Å². The van der Waals surface area contributed by atoms with E-state index in [-0.39, 0.29) is 0 Å². The van der Waals surface area contributed by atoms with Crippen LogP contribution in [0.2, 0.25) is 0 Å². The van der Waals surface area contributed by atoms with Crippen LogP contribution in [0.4, 0.5) is 0 Å². The molecule has 0 unspecified atom stereocenters. The van der Waals surface area contributed by atoms with E-state index in [9.17, 15) is 0 Å². The summed E-state index contributed by atoms with van der Waals surface area (Å²) in [5, 5.41) is 21.5. The number of rotatable bonds is 8. The second-order valence-corrected chi connectivity index (χ2v) is 17.5. The van der Waals surface area contributed by atoms with Gasteiger partial charge in [-0.05, 0) is 89.0 Å². The van der Waals surface area contributed by atoms with Crippen LogP contribution < -0.4 is 0 Å². The minimum absolute atomic E-state index is 1.26. The third kappa shape index (κ3) is 15.3. The van der Waals surface area contributed by atoms with Crippen LogP contribution in [0.1, 0.15) is 0 Å². The van der Waals surface area contributed by atoms with Gasteiger partial charge in [-0.1, -0.05) is 340 Å². The highest BCUT2D eigenvalue weighted by Crippen LogP contribution is 2.35. The molecule has 12 aromatic rings. The lowest BCUT2D eigenvalue weighted by Crippen LogP contribution is -2.07. The maximum atomic E-state index is 7.17. The molecule has 3 nitrogen and oxygen atoms in total. The summed E-state index contributed by atoms with van der Waals surface area (Å²) in [5.41, 5.74) is 20.3. The first kappa shape index (κ1) is 52.9. The molecule has 12 rings (SSSR count). The molecule has 76 heavy (non-hydrogen) atoms. The highest BCUT2D eigenvalue weighted by Gasteiger charge is 2.09. The lowest BCUT2D eigenvalue weighted by atomic mass is 9.95. The maximum Gasteiger partial charge on any atom is 0.631 e. The summed E-state index contributed by atoms with van der Waals surface area (Å²) in [5.74, 6) is 0. The van der Waals surface area contributed by atoms with Gasteiger partial charge in [0, 0.05) is 0 Å². The molecule has 0 fully saturated rings. The molecule has 0 heterocycles. The van der Waals surface area contributed by atoms with Gasteiger partial charge in [-0.25, -0.2) is 0 Å². The number of hydrogen-bond acceptors (Lipinski definition) is 3. The largest absolute Gasteiger partial charge is 0.631 e. The van der Waals surface area contributed by atoms with Crippen LogP contribution in [0, 0.1) is 0 Å². The van der Waals surface area contributed by atoms with E-state index in [2.05, 4.69) is 340 Å². The van der Waals surface area contributed by atoms with E-state index in [1.807, 2.05) is 0 Å². The van der Waals surface area contributed by atoms with Gasteiger partial charge in [-0.2, -0.15) is 0 Å². The molecule has 0 aliphatic heterocycles. The van der Waals surface area contributed by atoms with Crippen molar-refractivity contribution >= 4 is 7.32 Å². The minimum Gasteiger partial charge on any atom is -0.402 e. The Morgan fingerprint density at radius 2 is 0.211 bits per heavy atom. The molecule has 3 N–H and O–H groups in total. The topological polar surface area (TPSA) is 60.7 Å². The average Bonchev–Trinajstić information content (AvgIpc) is 3.52. The smallest absolute Gasteiger partial charge is 0.402 e. The van der Waals surface area contributed by atoms with E-state index >= 15 is 0 Å². The van der Waals surface area contributed by atoms with E-state index in [1.165, 1.54) is 89.0 Å². The van der Waals surface area contributed by atoms with Crippen molar-refractivity contribution in [3.8, 4) is 89.0 Å². The van der Waals surface area contributed by atoms with E-state index < -0.39 is 7.32 Å². The predicted octanol–water partition coefficient (Wildman–Crippen LogP) is 18.0. The molecule has 12 aromatic carbocycles. The molecular formula is C72H59BO3. The monoisotopic (exact) mass is 982 g/mol. The van der Waals surface area contributed by atoms with Gasteiger partial charge < -0.3 is 15.1 Å². The van der Waals surface area contributed by atoms with E-state index in [4.69, 9.17) is 15.1 Å². The standard InChI is InChI=1S/4C18H14.BH3O3/c4*1-3-9-15(10-4-1)17-13-7-8-14-18(17)16-11-5-2-6-12-16;2-1(3)4/h4*1-14H;2-4H. The summed E-state index contributed by atoms with van der Waals surface area (Å²) in [6.45, 7) is 0. The molecule has 0 aliphatic rings. The van der Waals surface area contributed by atoms with Gasteiger partial charge in [-0.3, -0.25) is 0 Å². The fraction of sp³-hybridized carbons (Fsp3) is 0. The van der Waals surface area contributed by atoms with Crippen LogP contribution in [0.5, 0.6) is 0 Å². The summed E-state index contributed by atoms with van der Waals surface area (Å²) < 4.78 is 0. The second kappa shape index (κ2) is 28.7. The van der Waals surface area contributed by atoms with Crippen molar-refractivity contribution in [3.05, 3.63) is 340 Å². The van der Waals surface area contributed by atoms with Crippen molar-refractivity contribution in [2.45, 2.75) is 0 Å².